The molecule has 1 atom stereocenters. The summed E-state index contributed by atoms with van der Waals surface area (Å²) in [4.78, 5) is 35.1. The van der Waals surface area contributed by atoms with Gasteiger partial charge in [0.15, 0.2) is 0 Å². The van der Waals surface area contributed by atoms with E-state index in [1.807, 2.05) is 37.8 Å². The topological polar surface area (TPSA) is 66.0 Å². The Labute approximate surface area is 181 Å². The maximum atomic E-state index is 14.1. The molecule has 2 fully saturated rings. The molecule has 1 aromatic heterocycles. The quantitative estimate of drug-likeness (QED) is 0.735. The summed E-state index contributed by atoms with van der Waals surface area (Å²) in [6.07, 6.45) is 1.93. The lowest BCUT2D eigenvalue weighted by Crippen LogP contribution is -2.51. The van der Waals surface area contributed by atoms with E-state index in [1.54, 1.807) is 17.2 Å². The molecule has 0 radical (unpaired) electrons. The molecule has 0 unspecified atom stereocenters. The van der Waals surface area contributed by atoms with Crippen LogP contribution < -0.4 is 4.90 Å². The Bertz CT molecular complexity index is 982. The summed E-state index contributed by atoms with van der Waals surface area (Å²) in [5.41, 5.74) is 0.760. The van der Waals surface area contributed by atoms with Crippen molar-refractivity contribution >= 4 is 28.6 Å². The number of anilines is 1. The largest absolute Gasteiger partial charge is 0.444 e. The van der Waals surface area contributed by atoms with E-state index in [0.717, 1.165) is 11.1 Å². The summed E-state index contributed by atoms with van der Waals surface area (Å²) in [6.45, 7) is 8.99. The van der Waals surface area contributed by atoms with Crippen molar-refractivity contribution in [2.24, 2.45) is 5.92 Å². The third-order valence-corrected chi connectivity index (χ3v) is 5.82. The molecule has 8 heteroatoms. The lowest BCUT2D eigenvalue weighted by Gasteiger charge is -2.37. The monoisotopic (exact) mass is 428 g/mol. The second-order valence-electron chi connectivity index (χ2n) is 9.19. The van der Waals surface area contributed by atoms with Gasteiger partial charge in [-0.25, -0.2) is 9.18 Å². The Morgan fingerprint density at radius 3 is 2.52 bits per heavy atom. The smallest absolute Gasteiger partial charge is 0.410 e. The number of hydrogen-bond donors (Lipinski definition) is 0. The zero-order chi connectivity index (χ0) is 22.2. The van der Waals surface area contributed by atoms with Gasteiger partial charge in [0.25, 0.3) is 0 Å². The van der Waals surface area contributed by atoms with Crippen LogP contribution in [0.5, 0.6) is 0 Å². The molecule has 0 saturated carbocycles. The number of nitrogens with zero attached hydrogens (tertiary/aromatic N) is 4. The van der Waals surface area contributed by atoms with Gasteiger partial charge in [0, 0.05) is 56.5 Å². The van der Waals surface area contributed by atoms with Crippen molar-refractivity contribution in [2.75, 3.05) is 44.2 Å². The van der Waals surface area contributed by atoms with E-state index in [0.29, 0.717) is 51.2 Å². The highest BCUT2D eigenvalue weighted by Crippen LogP contribution is 2.28. The molecule has 2 saturated heterocycles. The Morgan fingerprint density at radius 2 is 1.81 bits per heavy atom. The minimum absolute atomic E-state index is 0.0938. The Balaban J connectivity index is 1.36. The predicted octanol–water partition coefficient (Wildman–Crippen LogP) is 3.28. The molecule has 166 valence electrons. The first kappa shape index (κ1) is 21.3. The molecular formula is C23H29FN4O3. The number of halogens is 1. The molecule has 1 aromatic carbocycles. The number of ether oxygens (including phenoxy) is 1. The lowest BCUT2D eigenvalue weighted by atomic mass is 10.1. The predicted molar refractivity (Wildman–Crippen MR) is 116 cm³/mol. The maximum Gasteiger partial charge on any atom is 0.410 e. The zero-order valence-corrected chi connectivity index (χ0v) is 18.3. The fourth-order valence-electron chi connectivity index (χ4n) is 4.28. The number of carbonyl (C=O) groups is 2. The Morgan fingerprint density at radius 1 is 1.06 bits per heavy atom. The number of piperazine rings is 1. The van der Waals surface area contributed by atoms with Crippen LogP contribution in [0.4, 0.5) is 14.9 Å². The van der Waals surface area contributed by atoms with Crippen molar-refractivity contribution in [3.05, 3.63) is 36.3 Å². The normalized spacial score (nSPS) is 19.7. The van der Waals surface area contributed by atoms with Crippen LogP contribution in [0.25, 0.3) is 10.9 Å². The van der Waals surface area contributed by atoms with Crippen molar-refractivity contribution in [3.63, 3.8) is 0 Å². The molecule has 2 amide bonds. The van der Waals surface area contributed by atoms with Crippen molar-refractivity contribution in [2.45, 2.75) is 32.8 Å². The molecule has 2 aliphatic rings. The van der Waals surface area contributed by atoms with Gasteiger partial charge in [-0.05, 0) is 39.3 Å². The first-order chi connectivity index (χ1) is 14.7. The molecule has 0 aliphatic carbocycles. The van der Waals surface area contributed by atoms with Crippen LogP contribution in [-0.4, -0.2) is 71.7 Å². The van der Waals surface area contributed by atoms with E-state index in [4.69, 9.17) is 4.74 Å². The van der Waals surface area contributed by atoms with Crippen LogP contribution in [0.2, 0.25) is 0 Å². The van der Waals surface area contributed by atoms with Crippen LogP contribution >= 0.6 is 0 Å². The van der Waals surface area contributed by atoms with E-state index in [-0.39, 0.29) is 23.7 Å². The zero-order valence-electron chi connectivity index (χ0n) is 18.3. The highest BCUT2D eigenvalue weighted by molar-refractivity contribution is 5.92. The minimum Gasteiger partial charge on any atom is -0.444 e. The number of rotatable bonds is 2. The van der Waals surface area contributed by atoms with Crippen molar-refractivity contribution < 1.29 is 18.7 Å². The summed E-state index contributed by atoms with van der Waals surface area (Å²) < 4.78 is 19.5. The van der Waals surface area contributed by atoms with Gasteiger partial charge < -0.3 is 19.4 Å². The molecule has 0 spiro atoms. The van der Waals surface area contributed by atoms with E-state index in [9.17, 15) is 14.0 Å². The van der Waals surface area contributed by atoms with E-state index in [2.05, 4.69) is 9.88 Å². The molecule has 4 rings (SSSR count). The highest BCUT2D eigenvalue weighted by atomic mass is 19.1. The number of para-hydroxylation sites is 1. The number of amides is 2. The van der Waals surface area contributed by atoms with Gasteiger partial charge in [-0.1, -0.05) is 12.1 Å². The first-order valence-electron chi connectivity index (χ1n) is 10.8. The molecular weight excluding hydrogens is 399 g/mol. The lowest BCUT2D eigenvalue weighted by molar-refractivity contribution is -0.135. The van der Waals surface area contributed by atoms with Gasteiger partial charge in [0.2, 0.25) is 5.91 Å². The summed E-state index contributed by atoms with van der Waals surface area (Å²) in [5, 5.41) is 0.783. The molecule has 0 bridgehead atoms. The van der Waals surface area contributed by atoms with Gasteiger partial charge in [-0.2, -0.15) is 0 Å². The van der Waals surface area contributed by atoms with Crippen molar-refractivity contribution in [1.82, 2.24) is 14.8 Å². The third-order valence-electron chi connectivity index (χ3n) is 5.82. The number of aromatic nitrogens is 1. The molecule has 2 aromatic rings. The second kappa shape index (κ2) is 8.32. The molecule has 31 heavy (non-hydrogen) atoms. The van der Waals surface area contributed by atoms with E-state index >= 15 is 0 Å². The van der Waals surface area contributed by atoms with Crippen molar-refractivity contribution in [3.8, 4) is 0 Å². The van der Waals surface area contributed by atoms with Crippen LogP contribution in [0.1, 0.15) is 27.2 Å². The van der Waals surface area contributed by atoms with Gasteiger partial charge >= 0.3 is 6.09 Å². The molecule has 3 heterocycles. The van der Waals surface area contributed by atoms with Crippen LogP contribution in [0.15, 0.2) is 30.5 Å². The Hall–Kier alpha value is -2.90. The first-order valence-corrected chi connectivity index (χ1v) is 10.8. The molecule has 2 aliphatic heterocycles. The number of hydrogen-bond acceptors (Lipinski definition) is 5. The fraction of sp³-hybridized carbons (Fsp3) is 0.522. The summed E-state index contributed by atoms with van der Waals surface area (Å²) in [6, 6.07) is 6.88. The SMILES string of the molecule is CC(C)(C)OC(=O)N1CC[C@H](C(=O)N2CCN(c3ccnc4c(F)cccc34)CC2)C1. The van der Waals surface area contributed by atoms with Gasteiger partial charge in [-0.3, -0.25) is 9.78 Å². The highest BCUT2D eigenvalue weighted by Gasteiger charge is 2.36. The average molecular weight is 429 g/mol. The van der Waals surface area contributed by atoms with Crippen molar-refractivity contribution in [1.29, 1.82) is 0 Å². The van der Waals surface area contributed by atoms with Crippen LogP contribution in [0.3, 0.4) is 0 Å². The molecule has 7 nitrogen and oxygen atoms in total. The fourth-order valence-corrected chi connectivity index (χ4v) is 4.28. The van der Waals surface area contributed by atoms with E-state index < -0.39 is 5.60 Å². The number of fused-ring (bicyclic) bond motifs is 1. The van der Waals surface area contributed by atoms with Gasteiger partial charge in [0.05, 0.1) is 5.92 Å². The minimum atomic E-state index is -0.546. The summed E-state index contributed by atoms with van der Waals surface area (Å²) in [7, 11) is 0. The number of carbonyl (C=O) groups excluding carboxylic acids is 2. The molecule has 0 N–H and O–H groups in total. The van der Waals surface area contributed by atoms with E-state index in [1.165, 1.54) is 6.07 Å². The van der Waals surface area contributed by atoms with Gasteiger partial charge in [-0.15, -0.1) is 0 Å². The van der Waals surface area contributed by atoms with Crippen LogP contribution in [0, 0.1) is 11.7 Å². The van der Waals surface area contributed by atoms with Gasteiger partial charge in [0.1, 0.15) is 16.9 Å². The third kappa shape index (κ3) is 4.57. The second-order valence-corrected chi connectivity index (χ2v) is 9.19. The summed E-state index contributed by atoms with van der Waals surface area (Å²) in [5.74, 6) is -0.421. The van der Waals surface area contributed by atoms with Crippen LogP contribution in [-0.2, 0) is 9.53 Å². The number of pyridine rings is 1. The number of likely N-dealkylation sites (tertiary alicyclic amines) is 1. The Kier molecular flexibility index (Phi) is 5.73. The maximum absolute atomic E-state index is 14.1. The standard InChI is InChI=1S/C23H29FN4O3/c1-23(2,3)31-22(30)28-10-8-16(15-28)21(29)27-13-11-26(12-14-27)19-7-9-25-20-17(19)5-4-6-18(20)24/h4-7,9,16H,8,10-15H2,1-3H3/t16-/m0/s1. The number of benzene rings is 1. The average Bonchev–Trinajstić information content (AvgIpc) is 3.23. The summed E-state index contributed by atoms with van der Waals surface area (Å²) >= 11 is 0.